The van der Waals surface area contributed by atoms with E-state index < -0.39 is 5.82 Å². The first kappa shape index (κ1) is 21.5. The first-order chi connectivity index (χ1) is 9.50. The molecule has 2 rings (SSSR count). The molecule has 1 fully saturated rings. The van der Waals surface area contributed by atoms with Gasteiger partial charge >= 0.3 is 0 Å². The smallest absolute Gasteiger partial charge is 0.145 e. The van der Waals surface area contributed by atoms with Crippen LogP contribution in [0, 0.1) is 5.82 Å². The Labute approximate surface area is 148 Å². The largest absolute Gasteiger partial charge is 0.506 e. The summed E-state index contributed by atoms with van der Waals surface area (Å²) in [5.41, 5.74) is 1.69. The second-order valence-electron chi connectivity index (χ2n) is 5.26. The summed E-state index contributed by atoms with van der Waals surface area (Å²) in [4.78, 5) is 2.27. The van der Waals surface area contributed by atoms with Gasteiger partial charge in [-0.15, -0.1) is 31.4 Å². The van der Waals surface area contributed by atoms with Crippen LogP contribution in [0.3, 0.4) is 0 Å². The summed E-state index contributed by atoms with van der Waals surface area (Å²) < 4.78 is 13.4. The number of benzene rings is 1. The number of nitrogens with zero attached hydrogens (tertiary/aromatic N) is 1. The highest BCUT2D eigenvalue weighted by Gasteiger charge is 2.26. The number of hydrogen-bond acceptors (Lipinski definition) is 3. The van der Waals surface area contributed by atoms with Crippen LogP contribution in [0.2, 0.25) is 5.02 Å². The molecule has 0 radical (unpaired) electrons. The molecule has 0 unspecified atom stereocenters. The highest BCUT2D eigenvalue weighted by Crippen LogP contribution is 2.38. The van der Waals surface area contributed by atoms with Crippen molar-refractivity contribution in [3.63, 3.8) is 0 Å². The zero-order valence-corrected chi connectivity index (χ0v) is 14.8. The number of nitrogens with one attached hydrogen (secondary N) is 1. The van der Waals surface area contributed by atoms with E-state index >= 15 is 0 Å². The Morgan fingerprint density at radius 2 is 2.00 bits per heavy atom. The lowest BCUT2D eigenvalue weighted by Crippen LogP contribution is -2.45. The Morgan fingerprint density at radius 3 is 2.55 bits per heavy atom. The Bertz CT molecular complexity index is 508. The second-order valence-corrected chi connectivity index (χ2v) is 5.64. The van der Waals surface area contributed by atoms with Crippen LogP contribution in [0.15, 0.2) is 24.3 Å². The fraction of sp³-hybridized carbons (Fsp3) is 0.467. The summed E-state index contributed by atoms with van der Waals surface area (Å²) >= 11 is 5.82. The van der Waals surface area contributed by atoms with Gasteiger partial charge in [0.2, 0.25) is 0 Å². The van der Waals surface area contributed by atoms with Crippen LogP contribution in [0.4, 0.5) is 4.39 Å². The minimum atomic E-state index is -0.595. The van der Waals surface area contributed by atoms with Crippen molar-refractivity contribution in [3.05, 3.63) is 40.7 Å². The molecule has 1 aromatic rings. The van der Waals surface area contributed by atoms with Crippen molar-refractivity contribution < 1.29 is 9.50 Å². The van der Waals surface area contributed by atoms with Gasteiger partial charge in [0, 0.05) is 37.8 Å². The molecule has 1 aliphatic heterocycles. The maximum Gasteiger partial charge on any atom is 0.145 e. The van der Waals surface area contributed by atoms with E-state index in [2.05, 4.69) is 16.8 Å². The Kier molecular flexibility index (Phi) is 9.35. The van der Waals surface area contributed by atoms with Crippen molar-refractivity contribution >= 4 is 36.4 Å². The lowest BCUT2D eigenvalue weighted by Gasteiger charge is -2.35. The summed E-state index contributed by atoms with van der Waals surface area (Å²) in [7, 11) is 0. The molecule has 1 saturated heterocycles. The number of rotatable bonds is 4. The molecule has 0 aliphatic carbocycles. The van der Waals surface area contributed by atoms with Crippen molar-refractivity contribution in [1.29, 1.82) is 0 Å². The highest BCUT2D eigenvalue weighted by atomic mass is 35.5. The molecule has 1 aliphatic rings. The zero-order valence-electron chi connectivity index (χ0n) is 12.4. The fourth-order valence-electron chi connectivity index (χ4n) is 2.58. The van der Waals surface area contributed by atoms with E-state index in [-0.39, 0.29) is 41.6 Å². The van der Waals surface area contributed by atoms with Crippen molar-refractivity contribution in [2.45, 2.75) is 19.4 Å². The molecule has 1 heterocycles. The lowest BCUT2D eigenvalue weighted by atomic mass is 9.97. The summed E-state index contributed by atoms with van der Waals surface area (Å²) in [5, 5.41) is 13.2. The Morgan fingerprint density at radius 1 is 1.41 bits per heavy atom. The summed E-state index contributed by atoms with van der Waals surface area (Å²) in [6.07, 6.45) is 0.718. The van der Waals surface area contributed by atoms with Crippen LogP contribution in [0.1, 0.15) is 24.9 Å². The number of piperazine rings is 1. The van der Waals surface area contributed by atoms with Gasteiger partial charge in [0.25, 0.3) is 0 Å². The molecule has 7 heteroatoms. The second kappa shape index (κ2) is 9.58. The van der Waals surface area contributed by atoms with Crippen molar-refractivity contribution in [2.75, 3.05) is 26.2 Å². The molecular formula is C15H22Cl3FN2O. The van der Waals surface area contributed by atoms with E-state index in [1.807, 2.05) is 6.92 Å². The number of hydrogen-bond donors (Lipinski definition) is 2. The molecule has 0 bridgehead atoms. The first-order valence-electron chi connectivity index (χ1n) is 6.76. The number of halogens is 4. The van der Waals surface area contributed by atoms with Crippen LogP contribution >= 0.6 is 36.4 Å². The van der Waals surface area contributed by atoms with Gasteiger partial charge in [0.05, 0.1) is 0 Å². The Balaban J connectivity index is 0.00000220. The minimum Gasteiger partial charge on any atom is -0.506 e. The van der Waals surface area contributed by atoms with Crippen LogP contribution < -0.4 is 5.32 Å². The van der Waals surface area contributed by atoms with Gasteiger partial charge in [-0.05, 0) is 19.4 Å². The SMILES string of the molecule is C=C(C)C[C@@H](c1ccc(F)c(Cl)c1O)N1CCNCC1.Cl.Cl. The molecule has 3 nitrogen and oxygen atoms in total. The van der Waals surface area contributed by atoms with Crippen LogP contribution in [0.25, 0.3) is 0 Å². The average molecular weight is 372 g/mol. The molecule has 22 heavy (non-hydrogen) atoms. The van der Waals surface area contributed by atoms with Crippen molar-refractivity contribution in [2.24, 2.45) is 0 Å². The number of phenols is 1. The quantitative estimate of drug-likeness (QED) is 0.787. The molecule has 1 aromatic carbocycles. The normalized spacial score (nSPS) is 16.3. The molecule has 1 atom stereocenters. The van der Waals surface area contributed by atoms with Crippen LogP contribution in [-0.4, -0.2) is 36.2 Å². The summed E-state index contributed by atoms with van der Waals surface area (Å²) in [5.74, 6) is -0.751. The third kappa shape index (κ3) is 5.00. The fourth-order valence-corrected chi connectivity index (χ4v) is 2.76. The third-order valence-electron chi connectivity index (χ3n) is 3.59. The highest BCUT2D eigenvalue weighted by molar-refractivity contribution is 6.32. The molecule has 0 aromatic heterocycles. The van der Waals surface area contributed by atoms with Gasteiger partial charge in [-0.3, -0.25) is 4.90 Å². The molecule has 2 N–H and O–H groups in total. The van der Waals surface area contributed by atoms with Gasteiger partial charge in [-0.1, -0.05) is 23.2 Å². The molecule has 0 spiro atoms. The van der Waals surface area contributed by atoms with E-state index in [9.17, 15) is 9.50 Å². The molecular weight excluding hydrogens is 350 g/mol. The van der Waals surface area contributed by atoms with Crippen LogP contribution in [0.5, 0.6) is 5.75 Å². The summed E-state index contributed by atoms with van der Waals surface area (Å²) in [6, 6.07) is 2.91. The van der Waals surface area contributed by atoms with Gasteiger partial charge in [-0.25, -0.2) is 4.39 Å². The first-order valence-corrected chi connectivity index (χ1v) is 7.14. The van der Waals surface area contributed by atoms with E-state index in [1.165, 1.54) is 6.07 Å². The van der Waals surface area contributed by atoms with Crippen molar-refractivity contribution in [1.82, 2.24) is 10.2 Å². The molecule has 0 saturated carbocycles. The lowest BCUT2D eigenvalue weighted by molar-refractivity contribution is 0.170. The van der Waals surface area contributed by atoms with Gasteiger partial charge in [-0.2, -0.15) is 0 Å². The van der Waals surface area contributed by atoms with Crippen LogP contribution in [-0.2, 0) is 0 Å². The van der Waals surface area contributed by atoms with Gasteiger partial charge in [0.1, 0.15) is 16.6 Å². The Hall–Kier alpha value is -0.520. The third-order valence-corrected chi connectivity index (χ3v) is 3.95. The van der Waals surface area contributed by atoms with E-state index in [0.717, 1.165) is 38.2 Å². The predicted molar refractivity (Wildman–Crippen MR) is 94.2 cm³/mol. The molecule has 126 valence electrons. The zero-order chi connectivity index (χ0) is 14.7. The van der Waals surface area contributed by atoms with E-state index in [4.69, 9.17) is 11.6 Å². The standard InChI is InChI=1S/C15H20ClFN2O.2ClH/c1-10(2)9-13(19-7-5-18-6-8-19)11-3-4-12(17)14(16)15(11)20;;/h3-4,13,18,20H,1,5-9H2,2H3;2*1H/t13-;;/m0../s1. The predicted octanol–water partition coefficient (Wildman–Crippen LogP) is 3.94. The topological polar surface area (TPSA) is 35.5 Å². The number of phenolic OH excluding ortho intramolecular Hbond substituents is 1. The number of aromatic hydroxyl groups is 1. The van der Waals surface area contributed by atoms with Gasteiger partial charge < -0.3 is 10.4 Å². The average Bonchev–Trinajstić information content (AvgIpc) is 2.44. The maximum atomic E-state index is 13.4. The monoisotopic (exact) mass is 370 g/mol. The minimum absolute atomic E-state index is 0. The van der Waals surface area contributed by atoms with E-state index in [0.29, 0.717) is 5.56 Å². The molecule has 0 amide bonds. The maximum absolute atomic E-state index is 13.4. The van der Waals surface area contributed by atoms with E-state index in [1.54, 1.807) is 6.07 Å². The summed E-state index contributed by atoms with van der Waals surface area (Å²) in [6.45, 7) is 9.48. The van der Waals surface area contributed by atoms with Crippen molar-refractivity contribution in [3.8, 4) is 5.75 Å². The van der Waals surface area contributed by atoms with Gasteiger partial charge in [0.15, 0.2) is 0 Å².